The lowest BCUT2D eigenvalue weighted by Crippen LogP contribution is -2.40. The van der Waals surface area contributed by atoms with Crippen molar-refractivity contribution >= 4 is 23.6 Å². The molecule has 2 aliphatic rings. The number of likely N-dealkylation sites (tertiary alicyclic amines) is 2. The van der Waals surface area contributed by atoms with Crippen LogP contribution >= 0.6 is 11.8 Å². The highest BCUT2D eigenvalue weighted by Crippen LogP contribution is 2.26. The molecule has 2 saturated heterocycles. The molecule has 5 heteroatoms. The normalized spacial score (nSPS) is 21.6. The van der Waals surface area contributed by atoms with Crippen molar-refractivity contribution < 1.29 is 9.59 Å². The van der Waals surface area contributed by atoms with Crippen LogP contribution in [0.25, 0.3) is 0 Å². The van der Waals surface area contributed by atoms with Gasteiger partial charge in [-0.05, 0) is 44.3 Å². The predicted octanol–water partition coefficient (Wildman–Crippen LogP) is 2.24. The zero-order chi connectivity index (χ0) is 15.2. The van der Waals surface area contributed by atoms with Gasteiger partial charge >= 0.3 is 0 Å². The number of carbonyl (C=O) groups is 2. The molecule has 2 heterocycles. The van der Waals surface area contributed by atoms with Crippen molar-refractivity contribution in [3.05, 3.63) is 0 Å². The van der Waals surface area contributed by atoms with Gasteiger partial charge in [0.1, 0.15) is 0 Å². The summed E-state index contributed by atoms with van der Waals surface area (Å²) in [5.74, 6) is 1.94. The molecule has 0 aromatic rings. The van der Waals surface area contributed by atoms with Crippen LogP contribution < -0.4 is 0 Å². The monoisotopic (exact) mass is 312 g/mol. The van der Waals surface area contributed by atoms with E-state index in [1.54, 1.807) is 11.8 Å². The molecule has 0 N–H and O–H groups in total. The highest BCUT2D eigenvalue weighted by molar-refractivity contribution is 7.99. The van der Waals surface area contributed by atoms with Crippen molar-refractivity contribution in [1.82, 2.24) is 9.80 Å². The van der Waals surface area contributed by atoms with Gasteiger partial charge in [-0.2, -0.15) is 11.8 Å². The highest BCUT2D eigenvalue weighted by atomic mass is 32.2. The number of nitrogens with zero attached hydrogens (tertiary/aromatic N) is 2. The van der Waals surface area contributed by atoms with E-state index in [9.17, 15) is 9.59 Å². The Hall–Kier alpha value is -0.710. The smallest absolute Gasteiger partial charge is 0.232 e. The summed E-state index contributed by atoms with van der Waals surface area (Å²) in [4.78, 5) is 28.2. The van der Waals surface area contributed by atoms with Crippen molar-refractivity contribution in [2.75, 3.05) is 38.2 Å². The zero-order valence-electron chi connectivity index (χ0n) is 13.3. The lowest BCUT2D eigenvalue weighted by atomic mass is 9.87. The molecule has 2 aliphatic heterocycles. The maximum atomic E-state index is 12.3. The summed E-state index contributed by atoms with van der Waals surface area (Å²) in [6.45, 7) is 5.71. The first-order valence-corrected chi connectivity index (χ1v) is 9.56. The first-order valence-electron chi connectivity index (χ1n) is 8.17. The third kappa shape index (κ3) is 4.63. The van der Waals surface area contributed by atoms with Gasteiger partial charge in [-0.3, -0.25) is 9.59 Å². The highest BCUT2D eigenvalue weighted by Gasteiger charge is 2.28. The number of piperidine rings is 1. The molecule has 0 aromatic heterocycles. The van der Waals surface area contributed by atoms with E-state index in [2.05, 4.69) is 6.92 Å². The summed E-state index contributed by atoms with van der Waals surface area (Å²) in [6, 6.07) is 0. The van der Waals surface area contributed by atoms with Gasteiger partial charge in [0.05, 0.1) is 5.75 Å². The summed E-state index contributed by atoms with van der Waals surface area (Å²) in [5, 5.41) is 0. The largest absolute Gasteiger partial charge is 0.342 e. The molecule has 0 spiro atoms. The van der Waals surface area contributed by atoms with Crippen molar-refractivity contribution in [1.29, 1.82) is 0 Å². The minimum absolute atomic E-state index is 0.140. The van der Waals surface area contributed by atoms with Crippen LogP contribution in [0.4, 0.5) is 0 Å². The molecule has 0 aliphatic carbocycles. The molecular weight excluding hydrogens is 284 g/mol. The molecule has 0 radical (unpaired) electrons. The number of amides is 2. The summed E-state index contributed by atoms with van der Waals surface area (Å²) >= 11 is 1.59. The van der Waals surface area contributed by atoms with E-state index < -0.39 is 0 Å². The predicted molar refractivity (Wildman–Crippen MR) is 87.3 cm³/mol. The average Bonchev–Trinajstić information content (AvgIpc) is 3.01. The number of rotatable bonds is 5. The molecule has 1 atom stereocenters. The van der Waals surface area contributed by atoms with E-state index in [1.165, 1.54) is 0 Å². The van der Waals surface area contributed by atoms with Crippen LogP contribution in [0.2, 0.25) is 0 Å². The van der Waals surface area contributed by atoms with Gasteiger partial charge in [-0.25, -0.2) is 0 Å². The second-order valence-electron chi connectivity index (χ2n) is 6.43. The summed E-state index contributed by atoms with van der Waals surface area (Å²) in [6.07, 6.45) is 7.38. The third-order valence-corrected chi connectivity index (χ3v) is 5.30. The molecular formula is C16H28N2O2S. The molecule has 2 rings (SSSR count). The second-order valence-corrected chi connectivity index (χ2v) is 7.29. The Morgan fingerprint density at radius 1 is 1.10 bits per heavy atom. The molecule has 4 nitrogen and oxygen atoms in total. The Bertz CT molecular complexity index is 361. The second kappa shape index (κ2) is 8.06. The fourth-order valence-corrected chi connectivity index (χ4v) is 3.91. The number of carbonyl (C=O) groups excluding carboxylic acids is 2. The first kappa shape index (κ1) is 16.7. The van der Waals surface area contributed by atoms with E-state index in [-0.39, 0.29) is 11.8 Å². The lowest BCUT2D eigenvalue weighted by molar-refractivity contribution is -0.135. The Balaban J connectivity index is 1.72. The molecule has 0 aromatic carbocycles. The average molecular weight is 312 g/mol. The minimum Gasteiger partial charge on any atom is -0.342 e. The van der Waals surface area contributed by atoms with Crippen molar-refractivity contribution in [2.24, 2.45) is 11.8 Å². The van der Waals surface area contributed by atoms with E-state index in [0.717, 1.165) is 58.3 Å². The standard InChI is InChI=1S/C16H28N2O2S/c1-13(16(20)18-7-3-4-8-18)11-14-5-9-17(10-6-14)15(19)12-21-2/h13-14H,3-12H2,1-2H3. The molecule has 0 saturated carbocycles. The fourth-order valence-electron chi connectivity index (χ4n) is 3.48. The Kier molecular flexibility index (Phi) is 6.40. The van der Waals surface area contributed by atoms with Crippen LogP contribution in [0.3, 0.4) is 0 Å². The Labute approximate surface area is 132 Å². The molecule has 120 valence electrons. The van der Waals surface area contributed by atoms with E-state index >= 15 is 0 Å². The molecule has 1 unspecified atom stereocenters. The summed E-state index contributed by atoms with van der Waals surface area (Å²) in [5.41, 5.74) is 0. The van der Waals surface area contributed by atoms with Crippen LogP contribution in [0.5, 0.6) is 0 Å². The quantitative estimate of drug-likeness (QED) is 0.782. The number of hydrogen-bond donors (Lipinski definition) is 0. The van der Waals surface area contributed by atoms with Gasteiger partial charge in [-0.15, -0.1) is 0 Å². The maximum Gasteiger partial charge on any atom is 0.232 e. The minimum atomic E-state index is 0.140. The van der Waals surface area contributed by atoms with Gasteiger partial charge in [-0.1, -0.05) is 6.92 Å². The van der Waals surface area contributed by atoms with Gasteiger partial charge < -0.3 is 9.80 Å². The SMILES string of the molecule is CSCC(=O)N1CCC(CC(C)C(=O)N2CCCC2)CC1. The molecule has 0 bridgehead atoms. The van der Waals surface area contributed by atoms with Crippen molar-refractivity contribution in [3.63, 3.8) is 0 Å². The van der Waals surface area contributed by atoms with Gasteiger partial charge in [0.25, 0.3) is 0 Å². The Morgan fingerprint density at radius 2 is 1.71 bits per heavy atom. The molecule has 21 heavy (non-hydrogen) atoms. The van der Waals surface area contributed by atoms with E-state index in [0.29, 0.717) is 17.6 Å². The van der Waals surface area contributed by atoms with Gasteiger partial charge in [0.15, 0.2) is 0 Å². The maximum absolute atomic E-state index is 12.3. The topological polar surface area (TPSA) is 40.6 Å². The lowest BCUT2D eigenvalue weighted by Gasteiger charge is -2.33. The van der Waals surface area contributed by atoms with Gasteiger partial charge in [0, 0.05) is 32.1 Å². The fraction of sp³-hybridized carbons (Fsp3) is 0.875. The molecule has 2 amide bonds. The first-order chi connectivity index (χ1) is 10.1. The van der Waals surface area contributed by atoms with Crippen LogP contribution in [-0.2, 0) is 9.59 Å². The van der Waals surface area contributed by atoms with Crippen LogP contribution in [0.1, 0.15) is 39.0 Å². The van der Waals surface area contributed by atoms with Crippen molar-refractivity contribution in [2.45, 2.75) is 39.0 Å². The van der Waals surface area contributed by atoms with Gasteiger partial charge in [0.2, 0.25) is 11.8 Å². The summed E-state index contributed by atoms with van der Waals surface area (Å²) in [7, 11) is 0. The van der Waals surface area contributed by atoms with E-state index in [4.69, 9.17) is 0 Å². The Morgan fingerprint density at radius 3 is 2.29 bits per heavy atom. The number of hydrogen-bond acceptors (Lipinski definition) is 3. The van der Waals surface area contributed by atoms with E-state index in [1.807, 2.05) is 16.1 Å². The van der Waals surface area contributed by atoms with Crippen LogP contribution in [0, 0.1) is 11.8 Å². The van der Waals surface area contributed by atoms with Crippen molar-refractivity contribution in [3.8, 4) is 0 Å². The summed E-state index contributed by atoms with van der Waals surface area (Å²) < 4.78 is 0. The van der Waals surface area contributed by atoms with Crippen LogP contribution in [-0.4, -0.2) is 59.8 Å². The van der Waals surface area contributed by atoms with Crippen LogP contribution in [0.15, 0.2) is 0 Å². The zero-order valence-corrected chi connectivity index (χ0v) is 14.2. The molecule has 2 fully saturated rings. The number of thioether (sulfide) groups is 1. The third-order valence-electron chi connectivity index (χ3n) is 4.76.